The maximum Gasteiger partial charge on any atom is 0.252 e. The number of benzene rings is 1. The predicted octanol–water partition coefficient (Wildman–Crippen LogP) is 3.79. The number of ether oxygens (including phenoxy) is 1. The standard InChI is InChI=1S/C24H29FN4O3S2/c1-34(30,31)29-24-22(20(15-33-24)16-4-6-18(25)7-5-16)23(26-29)28-14-17-12-19(28)13-21(17)32-11-10-27-8-2-3-9-27/h4-7,15,17,19,21H,2-3,8-14H2,1H3. The minimum atomic E-state index is -3.56. The molecule has 2 bridgehead atoms. The van der Waals surface area contributed by atoms with Crippen LogP contribution in [0.5, 0.6) is 0 Å². The number of hydrogen-bond acceptors (Lipinski definition) is 7. The number of fused-ring (bicyclic) bond motifs is 3. The molecule has 182 valence electrons. The van der Waals surface area contributed by atoms with Gasteiger partial charge in [-0.25, -0.2) is 12.8 Å². The Morgan fingerprint density at radius 2 is 1.94 bits per heavy atom. The van der Waals surface area contributed by atoms with Gasteiger partial charge in [0.1, 0.15) is 10.6 Å². The highest BCUT2D eigenvalue weighted by molar-refractivity contribution is 7.89. The highest BCUT2D eigenvalue weighted by Gasteiger charge is 2.47. The van der Waals surface area contributed by atoms with Crippen molar-refractivity contribution in [3.05, 3.63) is 35.5 Å². The van der Waals surface area contributed by atoms with Crippen LogP contribution in [0.4, 0.5) is 10.2 Å². The molecule has 34 heavy (non-hydrogen) atoms. The summed E-state index contributed by atoms with van der Waals surface area (Å²) in [6.07, 6.45) is 6.00. The third-order valence-corrected chi connectivity index (χ3v) is 9.47. The van der Waals surface area contributed by atoms with E-state index >= 15 is 0 Å². The maximum atomic E-state index is 13.5. The van der Waals surface area contributed by atoms with Crippen LogP contribution in [0.25, 0.3) is 21.3 Å². The first-order chi connectivity index (χ1) is 16.4. The summed E-state index contributed by atoms with van der Waals surface area (Å²) in [6, 6.07) is 6.62. The molecule has 0 radical (unpaired) electrons. The predicted molar refractivity (Wildman–Crippen MR) is 133 cm³/mol. The third kappa shape index (κ3) is 3.94. The van der Waals surface area contributed by atoms with E-state index in [2.05, 4.69) is 14.9 Å². The van der Waals surface area contributed by atoms with Gasteiger partial charge in [0.25, 0.3) is 10.0 Å². The molecule has 2 saturated heterocycles. The first kappa shape index (κ1) is 22.5. The minimum absolute atomic E-state index is 0.260. The summed E-state index contributed by atoms with van der Waals surface area (Å²) < 4.78 is 46.0. The number of anilines is 1. The highest BCUT2D eigenvalue weighted by Crippen LogP contribution is 2.47. The van der Waals surface area contributed by atoms with Gasteiger partial charge in [-0.15, -0.1) is 20.5 Å². The number of piperidine rings is 1. The zero-order valence-corrected chi connectivity index (χ0v) is 20.8. The van der Waals surface area contributed by atoms with Crippen LogP contribution in [0.2, 0.25) is 0 Å². The van der Waals surface area contributed by atoms with Gasteiger partial charge in [-0.2, -0.15) is 0 Å². The van der Waals surface area contributed by atoms with E-state index in [0.717, 1.165) is 53.1 Å². The van der Waals surface area contributed by atoms with Gasteiger partial charge in [-0.3, -0.25) is 0 Å². The molecule has 2 aliphatic heterocycles. The number of aromatic nitrogens is 2. The molecule has 4 heterocycles. The summed E-state index contributed by atoms with van der Waals surface area (Å²) in [4.78, 5) is 5.36. The molecule has 1 aromatic carbocycles. The van der Waals surface area contributed by atoms with E-state index < -0.39 is 10.0 Å². The highest BCUT2D eigenvalue weighted by atomic mass is 32.2. The number of likely N-dealkylation sites (tertiary alicyclic amines) is 1. The number of thiophene rings is 1. The average Bonchev–Trinajstić information content (AvgIpc) is 3.59. The first-order valence-corrected chi connectivity index (χ1v) is 14.7. The molecule has 0 spiro atoms. The minimum Gasteiger partial charge on any atom is -0.376 e. The number of rotatable bonds is 7. The summed E-state index contributed by atoms with van der Waals surface area (Å²) in [7, 11) is -3.56. The Morgan fingerprint density at radius 1 is 1.18 bits per heavy atom. The Labute approximate surface area is 203 Å². The van der Waals surface area contributed by atoms with Crippen molar-refractivity contribution >= 4 is 37.4 Å². The van der Waals surface area contributed by atoms with Crippen molar-refractivity contribution in [2.24, 2.45) is 5.92 Å². The first-order valence-electron chi connectivity index (χ1n) is 12.0. The van der Waals surface area contributed by atoms with Crippen molar-refractivity contribution in [3.8, 4) is 11.1 Å². The zero-order valence-electron chi connectivity index (χ0n) is 19.2. The number of hydrogen-bond donors (Lipinski definition) is 0. The van der Waals surface area contributed by atoms with Gasteiger partial charge >= 0.3 is 0 Å². The summed E-state index contributed by atoms with van der Waals surface area (Å²) in [5, 5.41) is 7.39. The van der Waals surface area contributed by atoms with Crippen molar-refractivity contribution in [1.82, 2.24) is 14.1 Å². The smallest absolute Gasteiger partial charge is 0.252 e. The number of nitrogens with zero attached hydrogens (tertiary/aromatic N) is 4. The molecular weight excluding hydrogens is 475 g/mol. The summed E-state index contributed by atoms with van der Waals surface area (Å²) in [6.45, 7) is 4.97. The van der Waals surface area contributed by atoms with E-state index in [9.17, 15) is 12.8 Å². The van der Waals surface area contributed by atoms with Gasteiger partial charge < -0.3 is 14.5 Å². The van der Waals surface area contributed by atoms with E-state index in [0.29, 0.717) is 16.6 Å². The molecule has 1 aliphatic carbocycles. The topological polar surface area (TPSA) is 67.7 Å². The lowest BCUT2D eigenvalue weighted by Gasteiger charge is -2.32. The van der Waals surface area contributed by atoms with Crippen LogP contribution in [-0.4, -0.2) is 73.7 Å². The van der Waals surface area contributed by atoms with Gasteiger partial charge in [-0.05, 0) is 56.5 Å². The lowest BCUT2D eigenvalue weighted by atomic mass is 10.0. The molecule has 3 fully saturated rings. The zero-order chi connectivity index (χ0) is 23.4. The second-order valence-corrected chi connectivity index (χ2v) is 12.4. The molecule has 3 aliphatic rings. The fourth-order valence-corrected chi connectivity index (χ4v) is 7.95. The monoisotopic (exact) mass is 504 g/mol. The lowest BCUT2D eigenvalue weighted by molar-refractivity contribution is 0.0149. The van der Waals surface area contributed by atoms with E-state index in [-0.39, 0.29) is 18.0 Å². The van der Waals surface area contributed by atoms with E-state index in [4.69, 9.17) is 4.74 Å². The SMILES string of the molecule is CS(=O)(=O)n1nc(N2CC3CC2CC3OCCN2CCCC2)c2c(-c3ccc(F)cc3)csc21. The van der Waals surface area contributed by atoms with Crippen molar-refractivity contribution in [2.75, 3.05) is 43.9 Å². The van der Waals surface area contributed by atoms with Crippen LogP contribution in [0.3, 0.4) is 0 Å². The second-order valence-electron chi connectivity index (χ2n) is 9.76. The van der Waals surface area contributed by atoms with Crippen LogP contribution < -0.4 is 4.90 Å². The summed E-state index contributed by atoms with van der Waals surface area (Å²) >= 11 is 1.36. The Balaban J connectivity index is 1.27. The normalized spacial score (nSPS) is 25.2. The molecule has 10 heteroatoms. The average molecular weight is 505 g/mol. The van der Waals surface area contributed by atoms with Crippen molar-refractivity contribution < 1.29 is 17.5 Å². The number of halogens is 1. The molecule has 0 N–H and O–H groups in total. The third-order valence-electron chi connectivity index (χ3n) is 7.51. The van der Waals surface area contributed by atoms with Gasteiger partial charge in [0.15, 0.2) is 5.82 Å². The molecule has 3 atom stereocenters. The Bertz CT molecular complexity index is 1300. The molecule has 3 aromatic rings. The second kappa shape index (κ2) is 8.58. The van der Waals surface area contributed by atoms with Gasteiger partial charge in [0, 0.05) is 36.0 Å². The van der Waals surface area contributed by atoms with Gasteiger partial charge in [0.05, 0.1) is 24.4 Å². The van der Waals surface area contributed by atoms with Crippen LogP contribution in [0.15, 0.2) is 29.6 Å². The lowest BCUT2D eigenvalue weighted by Crippen LogP contribution is -2.40. The van der Waals surface area contributed by atoms with Crippen LogP contribution >= 0.6 is 11.3 Å². The van der Waals surface area contributed by atoms with Crippen LogP contribution in [-0.2, 0) is 14.8 Å². The Kier molecular flexibility index (Phi) is 5.67. The van der Waals surface area contributed by atoms with E-state index in [1.165, 1.54) is 55.7 Å². The summed E-state index contributed by atoms with van der Waals surface area (Å²) in [5.41, 5.74) is 1.75. The largest absolute Gasteiger partial charge is 0.376 e. The van der Waals surface area contributed by atoms with Gasteiger partial charge in [-0.1, -0.05) is 12.1 Å². The molecule has 3 unspecified atom stereocenters. The molecule has 6 rings (SSSR count). The fourth-order valence-electron chi connectivity index (χ4n) is 5.86. The Hall–Kier alpha value is -2.01. The summed E-state index contributed by atoms with van der Waals surface area (Å²) in [5.74, 6) is 0.842. The molecule has 1 saturated carbocycles. The molecule has 7 nitrogen and oxygen atoms in total. The maximum absolute atomic E-state index is 13.5. The molecule has 0 amide bonds. The quantitative estimate of drug-likeness (QED) is 0.488. The van der Waals surface area contributed by atoms with E-state index in [1.54, 1.807) is 12.1 Å². The van der Waals surface area contributed by atoms with Gasteiger partial charge in [0.2, 0.25) is 0 Å². The van der Waals surface area contributed by atoms with E-state index in [1.807, 2.05) is 5.38 Å². The van der Waals surface area contributed by atoms with Crippen molar-refractivity contribution in [2.45, 2.75) is 37.8 Å². The fraction of sp³-hybridized carbons (Fsp3) is 0.542. The van der Waals surface area contributed by atoms with Crippen molar-refractivity contribution in [3.63, 3.8) is 0 Å². The molecule has 2 aromatic heterocycles. The van der Waals surface area contributed by atoms with Crippen LogP contribution in [0.1, 0.15) is 25.7 Å². The van der Waals surface area contributed by atoms with Crippen molar-refractivity contribution in [1.29, 1.82) is 0 Å². The molecular formula is C24H29FN4O3S2. The van der Waals surface area contributed by atoms with Crippen LogP contribution in [0, 0.1) is 11.7 Å². The Morgan fingerprint density at radius 3 is 2.62 bits per heavy atom.